The Morgan fingerprint density at radius 3 is 2.12 bits per heavy atom. The Bertz CT molecular complexity index is 2110. The summed E-state index contributed by atoms with van der Waals surface area (Å²) in [5.74, 6) is 2.20. The standard InChI is InChI=1S/C42H45F3N4O8Si/c1-29(50)22-24-54-34-25-37(57-35(34)27-56-58(41(2,3)4,32-18-10-6-11-19-32)33-20-12-7-13-21-33)49-26-30(15-14-23-46-39(52)42(43,44)45)38(48-40(49)53)47-36(51)28-55-31-16-8-5-9-17-31/h5-13,16-21,26,34-35,37H,22-25,27-28H2,1-4H3,(H,46,52)(H,47,48,51,53)/t34?,35-,37-/m1/s1. The normalized spacial score (nSPS) is 16.8. The van der Waals surface area contributed by atoms with Crippen LogP contribution in [0, 0.1) is 11.8 Å². The van der Waals surface area contributed by atoms with Crippen molar-refractivity contribution in [2.24, 2.45) is 0 Å². The van der Waals surface area contributed by atoms with E-state index < -0.39 is 63.6 Å². The molecule has 5 rings (SSSR count). The number of ether oxygens (including phenoxy) is 3. The second kappa shape index (κ2) is 19.2. The van der Waals surface area contributed by atoms with Gasteiger partial charge in [-0.15, -0.1) is 0 Å². The molecule has 3 aromatic carbocycles. The SMILES string of the molecule is CC(=O)CCOC1C[C@H](n2cc(C#CCNC(=O)C(F)(F)F)c(NC(=O)COc3ccccc3)nc2=O)O[C@@H]1CO[Si](c1ccccc1)(c1ccccc1)C(C)(C)C. The third-order valence-corrected chi connectivity index (χ3v) is 14.3. The number of ketones is 1. The van der Waals surface area contributed by atoms with Crippen molar-refractivity contribution in [1.29, 1.82) is 0 Å². The molecule has 0 radical (unpaired) electrons. The van der Waals surface area contributed by atoms with E-state index in [1.165, 1.54) is 13.1 Å². The van der Waals surface area contributed by atoms with E-state index in [0.717, 1.165) is 14.9 Å². The van der Waals surface area contributed by atoms with E-state index in [1.54, 1.807) is 35.6 Å². The first-order valence-electron chi connectivity index (χ1n) is 18.5. The van der Waals surface area contributed by atoms with Gasteiger partial charge in [0, 0.05) is 19.0 Å². The maximum atomic E-state index is 13.7. The van der Waals surface area contributed by atoms with Gasteiger partial charge in [-0.1, -0.05) is 111 Å². The van der Waals surface area contributed by atoms with Crippen LogP contribution in [0.1, 0.15) is 52.3 Å². The second-order valence-corrected chi connectivity index (χ2v) is 18.8. The van der Waals surface area contributed by atoms with Gasteiger partial charge in [0.05, 0.1) is 31.4 Å². The summed E-state index contributed by atoms with van der Waals surface area (Å²) in [4.78, 5) is 53.8. The highest BCUT2D eigenvalue weighted by Gasteiger charge is 2.51. The number of anilines is 1. The Kier molecular flexibility index (Phi) is 14.4. The molecule has 58 heavy (non-hydrogen) atoms. The topological polar surface area (TPSA) is 147 Å². The van der Waals surface area contributed by atoms with Crippen LogP contribution in [0.15, 0.2) is 102 Å². The number of halogens is 3. The second-order valence-electron chi connectivity index (χ2n) is 14.5. The van der Waals surface area contributed by atoms with Crippen LogP contribution in [0.4, 0.5) is 19.0 Å². The van der Waals surface area contributed by atoms with E-state index in [4.69, 9.17) is 18.6 Å². The maximum Gasteiger partial charge on any atom is 0.471 e. The Morgan fingerprint density at radius 1 is 0.948 bits per heavy atom. The average Bonchev–Trinajstić information content (AvgIpc) is 3.59. The van der Waals surface area contributed by atoms with Crippen molar-refractivity contribution in [3.8, 4) is 17.6 Å². The molecule has 4 aromatic rings. The lowest BCUT2D eigenvalue weighted by molar-refractivity contribution is -0.173. The van der Waals surface area contributed by atoms with Crippen molar-refractivity contribution in [2.75, 3.05) is 31.7 Å². The molecule has 306 valence electrons. The van der Waals surface area contributed by atoms with Gasteiger partial charge in [-0.2, -0.15) is 18.2 Å². The van der Waals surface area contributed by atoms with Gasteiger partial charge in [0.25, 0.3) is 14.2 Å². The first-order chi connectivity index (χ1) is 27.6. The Balaban J connectivity index is 1.46. The smallest absolute Gasteiger partial charge is 0.471 e. The molecule has 1 aromatic heterocycles. The van der Waals surface area contributed by atoms with Gasteiger partial charge >= 0.3 is 17.8 Å². The summed E-state index contributed by atoms with van der Waals surface area (Å²) in [6.45, 7) is 6.85. The van der Waals surface area contributed by atoms with E-state index in [0.29, 0.717) is 5.75 Å². The molecule has 0 aliphatic carbocycles. The molecule has 0 bridgehead atoms. The molecule has 16 heteroatoms. The minimum Gasteiger partial charge on any atom is -0.484 e. The van der Waals surface area contributed by atoms with Crippen molar-refractivity contribution in [2.45, 2.75) is 70.2 Å². The fourth-order valence-electron chi connectivity index (χ4n) is 6.58. The summed E-state index contributed by atoms with van der Waals surface area (Å²) in [6, 6.07) is 28.5. The number of alkyl halides is 3. The quantitative estimate of drug-likeness (QED) is 0.131. The lowest BCUT2D eigenvalue weighted by atomic mass is 10.2. The van der Waals surface area contributed by atoms with E-state index in [-0.39, 0.29) is 48.3 Å². The molecule has 2 amide bonds. The van der Waals surface area contributed by atoms with Crippen molar-refractivity contribution >= 4 is 42.1 Å². The number of amides is 2. The van der Waals surface area contributed by atoms with Gasteiger partial charge in [-0.25, -0.2) is 4.79 Å². The lowest BCUT2D eigenvalue weighted by Crippen LogP contribution is -2.67. The highest BCUT2D eigenvalue weighted by Crippen LogP contribution is 2.38. The van der Waals surface area contributed by atoms with E-state index in [2.05, 4.69) is 67.2 Å². The number of para-hydroxylation sites is 1. The number of rotatable bonds is 15. The number of nitrogens with zero attached hydrogens (tertiary/aromatic N) is 2. The van der Waals surface area contributed by atoms with Crippen LogP contribution in [0.25, 0.3) is 0 Å². The van der Waals surface area contributed by atoms with Crippen LogP contribution in [-0.4, -0.2) is 80.2 Å². The van der Waals surface area contributed by atoms with Crippen molar-refractivity contribution in [3.63, 3.8) is 0 Å². The fourth-order valence-corrected chi connectivity index (χ4v) is 11.1. The summed E-state index contributed by atoms with van der Waals surface area (Å²) in [6.07, 6.45) is -5.94. The number of carbonyl (C=O) groups excluding carboxylic acids is 3. The third kappa shape index (κ3) is 11.1. The molecular formula is C42H45F3N4O8Si. The summed E-state index contributed by atoms with van der Waals surface area (Å²) < 4.78 is 64.9. The number of nitrogens with one attached hydrogen (secondary N) is 2. The van der Waals surface area contributed by atoms with Crippen LogP contribution in [0.2, 0.25) is 5.04 Å². The molecule has 2 heterocycles. The summed E-state index contributed by atoms with van der Waals surface area (Å²) >= 11 is 0. The van der Waals surface area contributed by atoms with Crippen molar-refractivity contribution in [3.05, 3.63) is 113 Å². The van der Waals surface area contributed by atoms with Gasteiger partial charge < -0.3 is 29.3 Å². The van der Waals surface area contributed by atoms with Crippen LogP contribution >= 0.6 is 0 Å². The molecule has 1 aliphatic heterocycles. The molecule has 1 saturated heterocycles. The monoisotopic (exact) mass is 818 g/mol. The zero-order valence-electron chi connectivity index (χ0n) is 32.5. The largest absolute Gasteiger partial charge is 0.484 e. The summed E-state index contributed by atoms with van der Waals surface area (Å²) in [7, 11) is -3.05. The van der Waals surface area contributed by atoms with Gasteiger partial charge in [-0.3, -0.25) is 19.0 Å². The Hall–Kier alpha value is -5.60. The molecule has 1 unspecified atom stereocenters. The first-order valence-corrected chi connectivity index (χ1v) is 20.5. The number of hydrogen-bond donors (Lipinski definition) is 2. The number of carbonyl (C=O) groups is 3. The molecular weight excluding hydrogens is 774 g/mol. The molecule has 1 fully saturated rings. The van der Waals surface area contributed by atoms with E-state index in [1.807, 2.05) is 36.4 Å². The van der Waals surface area contributed by atoms with Crippen LogP contribution < -0.4 is 31.4 Å². The molecule has 2 N–H and O–H groups in total. The molecule has 1 aliphatic rings. The molecule has 12 nitrogen and oxygen atoms in total. The minimum absolute atomic E-state index is 0.0534. The minimum atomic E-state index is -5.12. The van der Waals surface area contributed by atoms with Crippen molar-refractivity contribution < 1.29 is 46.2 Å². The fraction of sp³-hybridized carbons (Fsp3) is 0.357. The highest BCUT2D eigenvalue weighted by atomic mass is 28.4. The number of benzene rings is 3. The van der Waals surface area contributed by atoms with E-state index in [9.17, 15) is 32.3 Å². The predicted molar refractivity (Wildman–Crippen MR) is 212 cm³/mol. The first kappa shape index (κ1) is 43.5. The van der Waals surface area contributed by atoms with Crippen LogP contribution in [0.5, 0.6) is 5.75 Å². The average molecular weight is 819 g/mol. The Morgan fingerprint density at radius 2 is 1.55 bits per heavy atom. The lowest BCUT2D eigenvalue weighted by Gasteiger charge is -2.43. The number of Topliss-reactive ketones (excluding diaryl/α,β-unsaturated/α-hetero) is 1. The zero-order chi connectivity index (χ0) is 41.9. The van der Waals surface area contributed by atoms with Crippen LogP contribution in [-0.2, 0) is 28.3 Å². The molecule has 0 spiro atoms. The Labute approximate surface area is 335 Å². The number of hydrogen-bond acceptors (Lipinski definition) is 9. The van der Waals surface area contributed by atoms with Gasteiger partial charge in [0.2, 0.25) is 0 Å². The predicted octanol–water partition coefficient (Wildman–Crippen LogP) is 4.52. The zero-order valence-corrected chi connectivity index (χ0v) is 33.5. The van der Waals surface area contributed by atoms with Crippen LogP contribution in [0.3, 0.4) is 0 Å². The highest BCUT2D eigenvalue weighted by molar-refractivity contribution is 6.99. The molecule has 3 atom stereocenters. The van der Waals surface area contributed by atoms with Gasteiger partial charge in [-0.05, 0) is 34.5 Å². The van der Waals surface area contributed by atoms with Gasteiger partial charge in [0.15, 0.2) is 12.4 Å². The molecule has 0 saturated carbocycles. The number of aromatic nitrogens is 2. The maximum absolute atomic E-state index is 13.7. The van der Waals surface area contributed by atoms with E-state index >= 15 is 0 Å². The third-order valence-electron chi connectivity index (χ3n) is 9.30. The van der Waals surface area contributed by atoms with Gasteiger partial charge in [0.1, 0.15) is 23.9 Å². The summed E-state index contributed by atoms with van der Waals surface area (Å²) in [5, 5.41) is 5.86. The van der Waals surface area contributed by atoms with Crippen molar-refractivity contribution in [1.82, 2.24) is 14.9 Å². The summed E-state index contributed by atoms with van der Waals surface area (Å²) in [5.41, 5.74) is -0.894.